The second kappa shape index (κ2) is 6.50. The van der Waals surface area contributed by atoms with Crippen LogP contribution in [-0.2, 0) is 6.42 Å². The fraction of sp³-hybridized carbons (Fsp3) is 0.467. The van der Waals surface area contributed by atoms with Crippen LogP contribution in [0.4, 0.5) is 0 Å². The summed E-state index contributed by atoms with van der Waals surface area (Å²) in [5, 5.41) is 12.1. The van der Waals surface area contributed by atoms with Gasteiger partial charge in [0.25, 0.3) is 0 Å². The molecular weight excluding hydrogens is 316 g/mol. The van der Waals surface area contributed by atoms with Crippen molar-refractivity contribution in [2.24, 2.45) is 0 Å². The van der Waals surface area contributed by atoms with Crippen molar-refractivity contribution in [1.82, 2.24) is 20.3 Å². The molecule has 0 radical (unpaired) electrons. The Morgan fingerprint density at radius 2 is 2.10 bits per heavy atom. The molecule has 4 nitrogen and oxygen atoms in total. The van der Waals surface area contributed by atoms with Gasteiger partial charge in [0.2, 0.25) is 0 Å². The maximum absolute atomic E-state index is 4.40. The summed E-state index contributed by atoms with van der Waals surface area (Å²) in [4.78, 5) is 0. The molecule has 108 valence electrons. The second-order valence-corrected chi connectivity index (χ2v) is 5.75. The summed E-state index contributed by atoms with van der Waals surface area (Å²) in [7, 11) is 1.97. The Morgan fingerprint density at radius 3 is 2.65 bits per heavy atom. The number of rotatable bonds is 5. The van der Waals surface area contributed by atoms with Crippen LogP contribution in [0.2, 0.25) is 0 Å². The first kappa shape index (κ1) is 15.2. The SMILES string of the molecule is CCc1c(C(CC)NC)nnn1-c1ccc(C)cc1Br. The third-order valence-corrected chi connectivity index (χ3v) is 4.18. The maximum atomic E-state index is 4.40. The van der Waals surface area contributed by atoms with Crippen LogP contribution in [0.3, 0.4) is 0 Å². The van der Waals surface area contributed by atoms with E-state index >= 15 is 0 Å². The van der Waals surface area contributed by atoms with E-state index in [9.17, 15) is 0 Å². The Kier molecular flexibility index (Phi) is 4.94. The van der Waals surface area contributed by atoms with Gasteiger partial charge in [-0.1, -0.05) is 25.1 Å². The van der Waals surface area contributed by atoms with Gasteiger partial charge in [0, 0.05) is 4.47 Å². The van der Waals surface area contributed by atoms with Crippen molar-refractivity contribution in [3.05, 3.63) is 39.6 Å². The number of hydrogen-bond donors (Lipinski definition) is 1. The molecule has 20 heavy (non-hydrogen) atoms. The van der Waals surface area contributed by atoms with Gasteiger partial charge < -0.3 is 5.32 Å². The summed E-state index contributed by atoms with van der Waals surface area (Å²) < 4.78 is 2.99. The predicted molar refractivity (Wildman–Crippen MR) is 85.3 cm³/mol. The summed E-state index contributed by atoms with van der Waals surface area (Å²) >= 11 is 3.62. The lowest BCUT2D eigenvalue weighted by atomic mass is 10.1. The average Bonchev–Trinajstić information content (AvgIpc) is 2.84. The molecule has 0 saturated heterocycles. The molecule has 1 aromatic carbocycles. The highest BCUT2D eigenvalue weighted by molar-refractivity contribution is 9.10. The molecule has 2 aromatic rings. The normalized spacial score (nSPS) is 12.7. The van der Waals surface area contributed by atoms with Crippen molar-refractivity contribution < 1.29 is 0 Å². The molecule has 1 aromatic heterocycles. The monoisotopic (exact) mass is 336 g/mol. The summed E-state index contributed by atoms with van der Waals surface area (Å²) in [5.74, 6) is 0. The lowest BCUT2D eigenvalue weighted by Gasteiger charge is -2.14. The van der Waals surface area contributed by atoms with Gasteiger partial charge in [0.05, 0.1) is 17.4 Å². The standard InChI is InChI=1S/C15H21BrN4/c1-5-12(17-4)15-13(6-2)20(19-18-15)14-8-7-10(3)9-11(14)16/h7-9,12,17H,5-6H2,1-4H3. The van der Waals surface area contributed by atoms with Crippen LogP contribution in [0.1, 0.15) is 43.3 Å². The summed E-state index contributed by atoms with van der Waals surface area (Å²) in [6.45, 7) is 6.38. The van der Waals surface area contributed by atoms with E-state index in [-0.39, 0.29) is 6.04 Å². The second-order valence-electron chi connectivity index (χ2n) is 4.89. The van der Waals surface area contributed by atoms with Crippen LogP contribution in [0.5, 0.6) is 0 Å². The van der Waals surface area contributed by atoms with E-state index in [1.54, 1.807) is 0 Å². The van der Waals surface area contributed by atoms with Crippen molar-refractivity contribution in [2.75, 3.05) is 7.05 Å². The van der Waals surface area contributed by atoms with Crippen LogP contribution in [0.25, 0.3) is 5.69 Å². The van der Waals surface area contributed by atoms with Crippen LogP contribution in [0, 0.1) is 6.92 Å². The molecule has 5 heteroatoms. The van der Waals surface area contributed by atoms with Crippen molar-refractivity contribution in [2.45, 2.75) is 39.7 Å². The molecule has 2 rings (SSSR count). The van der Waals surface area contributed by atoms with E-state index in [0.717, 1.165) is 34.4 Å². The van der Waals surface area contributed by atoms with E-state index in [1.807, 2.05) is 11.7 Å². The zero-order chi connectivity index (χ0) is 14.7. The molecule has 0 fully saturated rings. The third kappa shape index (κ3) is 2.79. The molecular formula is C15H21BrN4. The maximum Gasteiger partial charge on any atom is 0.103 e. The van der Waals surface area contributed by atoms with E-state index in [2.05, 4.69) is 70.5 Å². The molecule has 0 spiro atoms. The molecule has 1 N–H and O–H groups in total. The fourth-order valence-corrected chi connectivity index (χ4v) is 3.09. The molecule has 0 saturated carbocycles. The molecule has 0 bridgehead atoms. The molecule has 1 unspecified atom stereocenters. The highest BCUT2D eigenvalue weighted by Crippen LogP contribution is 2.26. The van der Waals surface area contributed by atoms with Gasteiger partial charge >= 0.3 is 0 Å². The van der Waals surface area contributed by atoms with Crippen molar-refractivity contribution in [3.63, 3.8) is 0 Å². The van der Waals surface area contributed by atoms with Crippen LogP contribution < -0.4 is 5.32 Å². The fourth-order valence-electron chi connectivity index (χ4n) is 2.43. The quantitative estimate of drug-likeness (QED) is 0.907. The minimum atomic E-state index is 0.253. The van der Waals surface area contributed by atoms with Crippen LogP contribution >= 0.6 is 15.9 Å². The number of nitrogens with zero attached hydrogens (tertiary/aromatic N) is 3. The van der Waals surface area contributed by atoms with Crippen molar-refractivity contribution in [3.8, 4) is 5.69 Å². The van der Waals surface area contributed by atoms with Gasteiger partial charge in [-0.3, -0.25) is 0 Å². The Balaban J connectivity index is 2.52. The van der Waals surface area contributed by atoms with Crippen LogP contribution in [0.15, 0.2) is 22.7 Å². The lowest BCUT2D eigenvalue weighted by molar-refractivity contribution is 0.555. The molecule has 1 heterocycles. The van der Waals surface area contributed by atoms with Crippen molar-refractivity contribution >= 4 is 15.9 Å². The number of aromatic nitrogens is 3. The van der Waals surface area contributed by atoms with Crippen molar-refractivity contribution in [1.29, 1.82) is 0 Å². The summed E-state index contributed by atoms with van der Waals surface area (Å²) in [6, 6.07) is 6.53. The zero-order valence-corrected chi connectivity index (χ0v) is 14.0. The lowest BCUT2D eigenvalue weighted by Crippen LogP contribution is -2.17. The summed E-state index contributed by atoms with van der Waals surface area (Å²) in [6.07, 6.45) is 1.90. The van der Waals surface area contributed by atoms with Gasteiger partial charge in [-0.25, -0.2) is 4.68 Å². The van der Waals surface area contributed by atoms with E-state index in [1.165, 1.54) is 5.56 Å². The molecule has 1 atom stereocenters. The first-order valence-electron chi connectivity index (χ1n) is 7.00. The van der Waals surface area contributed by atoms with Gasteiger partial charge in [0.1, 0.15) is 5.69 Å². The minimum Gasteiger partial charge on any atom is -0.312 e. The first-order chi connectivity index (χ1) is 9.62. The Hall–Kier alpha value is -1.20. The number of benzene rings is 1. The zero-order valence-electron chi connectivity index (χ0n) is 12.4. The Bertz CT molecular complexity index is 588. The van der Waals surface area contributed by atoms with E-state index in [4.69, 9.17) is 0 Å². The number of halogens is 1. The molecule has 0 aliphatic rings. The van der Waals surface area contributed by atoms with E-state index < -0.39 is 0 Å². The van der Waals surface area contributed by atoms with Gasteiger partial charge in [-0.05, 0) is 60.4 Å². The van der Waals surface area contributed by atoms with E-state index in [0.29, 0.717) is 0 Å². The van der Waals surface area contributed by atoms with Gasteiger partial charge in [-0.15, -0.1) is 5.10 Å². The first-order valence-corrected chi connectivity index (χ1v) is 7.79. The topological polar surface area (TPSA) is 42.7 Å². The molecule has 0 aliphatic carbocycles. The minimum absolute atomic E-state index is 0.253. The molecule has 0 aliphatic heterocycles. The highest BCUT2D eigenvalue weighted by atomic mass is 79.9. The number of aryl methyl sites for hydroxylation is 1. The van der Waals surface area contributed by atoms with Crippen LogP contribution in [-0.4, -0.2) is 22.0 Å². The summed E-state index contributed by atoms with van der Waals surface area (Å²) in [5.41, 5.74) is 4.47. The highest BCUT2D eigenvalue weighted by Gasteiger charge is 2.19. The van der Waals surface area contributed by atoms with Gasteiger partial charge in [0.15, 0.2) is 0 Å². The number of nitrogens with one attached hydrogen (secondary N) is 1. The van der Waals surface area contributed by atoms with Gasteiger partial charge in [-0.2, -0.15) is 0 Å². The third-order valence-electron chi connectivity index (χ3n) is 3.55. The largest absolute Gasteiger partial charge is 0.312 e. The average molecular weight is 337 g/mol. The molecule has 0 amide bonds. The Morgan fingerprint density at radius 1 is 1.35 bits per heavy atom. The Labute approximate surface area is 128 Å². The smallest absolute Gasteiger partial charge is 0.103 e. The number of hydrogen-bond acceptors (Lipinski definition) is 3. The predicted octanol–water partition coefficient (Wildman–Crippen LogP) is 3.57.